The molecule has 0 aliphatic carbocycles. The first-order valence-electron chi connectivity index (χ1n) is 17.1. The number of piperidine rings is 1. The van der Waals surface area contributed by atoms with Gasteiger partial charge in [-0.15, -0.1) is 0 Å². The lowest BCUT2D eigenvalue weighted by Gasteiger charge is -2.37. The van der Waals surface area contributed by atoms with Crippen molar-refractivity contribution < 1.29 is 40.4 Å². The summed E-state index contributed by atoms with van der Waals surface area (Å²) in [6.07, 6.45) is 25.8. The Kier molecular flexibility index (Phi) is 20.9. The first-order chi connectivity index (χ1) is 19.8. The van der Waals surface area contributed by atoms with E-state index in [1.54, 1.807) is 0 Å². The average molecular weight is 641 g/mol. The maximum atomic E-state index is 5.94. The van der Waals surface area contributed by atoms with Crippen molar-refractivity contribution in [1.82, 2.24) is 0 Å². The molecule has 0 amide bonds. The molecule has 1 unspecified atom stereocenters. The highest BCUT2D eigenvalue weighted by molar-refractivity contribution is 5.40. The minimum Gasteiger partial charge on any atom is -1.00 e. The van der Waals surface area contributed by atoms with Gasteiger partial charge in [0.2, 0.25) is 0 Å². The Morgan fingerprint density at radius 3 is 1.71 bits per heavy atom. The van der Waals surface area contributed by atoms with E-state index < -0.39 is 0 Å². The average Bonchev–Trinajstić information content (AvgIpc) is 2.98. The summed E-state index contributed by atoms with van der Waals surface area (Å²) in [5.41, 5.74) is 0. The van der Waals surface area contributed by atoms with E-state index in [-0.39, 0.29) is 23.1 Å². The van der Waals surface area contributed by atoms with Crippen LogP contribution in [0.2, 0.25) is 0 Å². The van der Waals surface area contributed by atoms with Crippen LogP contribution in [0.25, 0.3) is 0 Å². The first-order valence-corrected chi connectivity index (χ1v) is 17.1. The molecule has 0 N–H and O–H groups in total. The van der Waals surface area contributed by atoms with Crippen molar-refractivity contribution in [3.8, 4) is 11.5 Å². The number of hydrogen-bond donors (Lipinski definition) is 0. The van der Waals surface area contributed by atoms with E-state index in [1.165, 1.54) is 140 Å². The molecule has 2 aliphatic heterocycles. The van der Waals surface area contributed by atoms with Gasteiger partial charge in [0.05, 0.1) is 33.3 Å². The first kappa shape index (κ1) is 36.4. The molecule has 1 fully saturated rings. The van der Waals surface area contributed by atoms with E-state index in [4.69, 9.17) is 18.9 Å². The molecule has 2 aliphatic rings. The Bertz CT molecular complexity index is 743. The number of hydrogen-bond acceptors (Lipinski definition) is 4. The molecule has 0 bridgehead atoms. The number of halogens is 1. The summed E-state index contributed by atoms with van der Waals surface area (Å²) < 4.78 is 24.7. The standard InChI is InChI=1S/C35H62NO4.BrH/c1-36(26-18-14-19-27-36)25-17-10-6-2-3-7-11-20-28-37-29-21-12-8-4-5-9-13-22-30-38-31-33-32-39-34-23-15-16-24-35(34)40-33;/h15-16,23-24,33H,2-14,17-22,25-32H2,1H3;1H/q+1;/p-1. The molecular formula is C35H62BrNO4. The van der Waals surface area contributed by atoms with Gasteiger partial charge in [0, 0.05) is 19.8 Å². The van der Waals surface area contributed by atoms with E-state index in [0.717, 1.165) is 37.7 Å². The molecule has 0 saturated carbocycles. The summed E-state index contributed by atoms with van der Waals surface area (Å²) in [6, 6.07) is 7.85. The van der Waals surface area contributed by atoms with Gasteiger partial charge in [0.15, 0.2) is 17.6 Å². The van der Waals surface area contributed by atoms with Crippen LogP contribution in [0.4, 0.5) is 0 Å². The highest BCUT2D eigenvalue weighted by Gasteiger charge is 2.23. The largest absolute Gasteiger partial charge is 1.00 e. The van der Waals surface area contributed by atoms with Gasteiger partial charge in [-0.05, 0) is 63.5 Å². The van der Waals surface area contributed by atoms with Crippen molar-refractivity contribution in [2.24, 2.45) is 0 Å². The van der Waals surface area contributed by atoms with Crippen LogP contribution in [0.1, 0.15) is 122 Å². The Balaban J connectivity index is 0.00000588. The summed E-state index contributed by atoms with van der Waals surface area (Å²) in [6.45, 7) is 8.17. The van der Waals surface area contributed by atoms with Crippen molar-refractivity contribution in [2.75, 3.05) is 59.7 Å². The molecule has 2 heterocycles. The number of likely N-dealkylation sites (tertiary alicyclic amines) is 1. The number of ether oxygens (including phenoxy) is 4. The normalized spacial score (nSPS) is 17.7. The lowest BCUT2D eigenvalue weighted by molar-refractivity contribution is -0.914. The quantitative estimate of drug-likeness (QED) is 0.107. The Hall–Kier alpha value is -0.820. The SMILES string of the molecule is C[N+]1(CCCCCCCCCCOCCCCCCCCCCOCC2COc3ccccc3O2)CCCCC1.[Br-]. The number of quaternary nitrogens is 1. The molecule has 1 aromatic rings. The molecule has 238 valence electrons. The highest BCUT2D eigenvalue weighted by Crippen LogP contribution is 2.30. The van der Waals surface area contributed by atoms with Crippen LogP contribution >= 0.6 is 0 Å². The summed E-state index contributed by atoms with van der Waals surface area (Å²) in [4.78, 5) is 0. The lowest BCUT2D eigenvalue weighted by Crippen LogP contribution is -3.00. The van der Waals surface area contributed by atoms with Gasteiger partial charge in [-0.3, -0.25) is 0 Å². The van der Waals surface area contributed by atoms with E-state index in [0.29, 0.717) is 13.2 Å². The van der Waals surface area contributed by atoms with E-state index >= 15 is 0 Å². The maximum absolute atomic E-state index is 5.94. The Morgan fingerprint density at radius 1 is 0.634 bits per heavy atom. The van der Waals surface area contributed by atoms with Gasteiger partial charge in [-0.25, -0.2) is 0 Å². The van der Waals surface area contributed by atoms with Crippen LogP contribution in [-0.4, -0.2) is 70.3 Å². The van der Waals surface area contributed by atoms with E-state index in [1.807, 2.05) is 24.3 Å². The van der Waals surface area contributed by atoms with Crippen molar-refractivity contribution in [2.45, 2.75) is 128 Å². The monoisotopic (exact) mass is 639 g/mol. The van der Waals surface area contributed by atoms with Crippen LogP contribution in [0.15, 0.2) is 24.3 Å². The number of benzene rings is 1. The summed E-state index contributed by atoms with van der Waals surface area (Å²) in [7, 11) is 2.48. The number of nitrogens with zero attached hydrogens (tertiary/aromatic N) is 1. The zero-order chi connectivity index (χ0) is 28.0. The molecule has 0 spiro atoms. The second-order valence-electron chi connectivity index (χ2n) is 12.7. The zero-order valence-electron chi connectivity index (χ0n) is 26.4. The summed E-state index contributed by atoms with van der Waals surface area (Å²) in [5, 5.41) is 0. The van der Waals surface area contributed by atoms with Gasteiger partial charge in [0.25, 0.3) is 0 Å². The summed E-state index contributed by atoms with van der Waals surface area (Å²) in [5.74, 6) is 1.66. The highest BCUT2D eigenvalue weighted by atomic mass is 79.9. The maximum Gasteiger partial charge on any atom is 0.161 e. The molecule has 41 heavy (non-hydrogen) atoms. The second-order valence-corrected chi connectivity index (χ2v) is 12.7. The second kappa shape index (κ2) is 23.6. The van der Waals surface area contributed by atoms with Gasteiger partial charge < -0.3 is 40.4 Å². The van der Waals surface area contributed by atoms with Crippen LogP contribution in [0.5, 0.6) is 11.5 Å². The third-order valence-corrected chi connectivity index (χ3v) is 8.83. The van der Waals surface area contributed by atoms with Gasteiger partial charge in [-0.2, -0.15) is 0 Å². The molecule has 1 atom stereocenters. The smallest absolute Gasteiger partial charge is 0.161 e. The third kappa shape index (κ3) is 17.2. The molecule has 0 radical (unpaired) electrons. The fourth-order valence-corrected chi connectivity index (χ4v) is 6.19. The zero-order valence-corrected chi connectivity index (χ0v) is 28.0. The minimum absolute atomic E-state index is 0. The minimum atomic E-state index is 0. The van der Waals surface area contributed by atoms with Crippen molar-refractivity contribution in [3.05, 3.63) is 24.3 Å². The van der Waals surface area contributed by atoms with Gasteiger partial charge in [-0.1, -0.05) is 82.8 Å². The Morgan fingerprint density at radius 2 is 1.12 bits per heavy atom. The van der Waals surface area contributed by atoms with Crippen LogP contribution in [0.3, 0.4) is 0 Å². The summed E-state index contributed by atoms with van der Waals surface area (Å²) >= 11 is 0. The molecule has 6 heteroatoms. The topological polar surface area (TPSA) is 36.9 Å². The molecule has 0 aromatic heterocycles. The van der Waals surface area contributed by atoms with Crippen LogP contribution in [-0.2, 0) is 9.47 Å². The molecule has 1 aromatic carbocycles. The van der Waals surface area contributed by atoms with Crippen molar-refractivity contribution >= 4 is 0 Å². The van der Waals surface area contributed by atoms with Gasteiger partial charge in [0.1, 0.15) is 6.61 Å². The lowest BCUT2D eigenvalue weighted by atomic mass is 10.1. The molecule has 5 nitrogen and oxygen atoms in total. The van der Waals surface area contributed by atoms with Crippen molar-refractivity contribution in [1.29, 1.82) is 0 Å². The fourth-order valence-electron chi connectivity index (χ4n) is 6.19. The van der Waals surface area contributed by atoms with E-state index in [9.17, 15) is 0 Å². The molecule has 1 saturated heterocycles. The third-order valence-electron chi connectivity index (χ3n) is 8.83. The number of rotatable bonds is 24. The fraction of sp³-hybridized carbons (Fsp3) is 0.829. The van der Waals surface area contributed by atoms with Crippen molar-refractivity contribution in [3.63, 3.8) is 0 Å². The van der Waals surface area contributed by atoms with Crippen LogP contribution in [0, 0.1) is 0 Å². The van der Waals surface area contributed by atoms with E-state index in [2.05, 4.69) is 7.05 Å². The predicted molar refractivity (Wildman–Crippen MR) is 166 cm³/mol. The number of unbranched alkanes of at least 4 members (excludes halogenated alkanes) is 14. The molecule has 3 rings (SSSR count). The Labute approximate surface area is 263 Å². The van der Waals surface area contributed by atoms with Gasteiger partial charge >= 0.3 is 0 Å². The molecular weight excluding hydrogens is 578 g/mol. The number of fused-ring (bicyclic) bond motifs is 1. The number of para-hydroxylation sites is 2. The van der Waals surface area contributed by atoms with Crippen LogP contribution < -0.4 is 26.5 Å². The predicted octanol–water partition coefficient (Wildman–Crippen LogP) is 5.74.